The molecule has 0 atom stereocenters. The average molecular weight is 316 g/mol. The van der Waals surface area contributed by atoms with Crippen LogP contribution in [0.2, 0.25) is 0 Å². The van der Waals surface area contributed by atoms with Crippen molar-refractivity contribution >= 4 is 23.2 Å². The highest BCUT2D eigenvalue weighted by atomic mass is 32.1. The number of carbonyl (C=O) groups is 1. The summed E-state index contributed by atoms with van der Waals surface area (Å²) in [6.45, 7) is 2.14. The van der Waals surface area contributed by atoms with Crippen molar-refractivity contribution in [2.45, 2.75) is 19.8 Å². The second-order valence-corrected chi connectivity index (χ2v) is 5.99. The van der Waals surface area contributed by atoms with Crippen LogP contribution in [0.3, 0.4) is 0 Å². The van der Waals surface area contributed by atoms with Crippen molar-refractivity contribution < 1.29 is 14.3 Å². The van der Waals surface area contributed by atoms with Crippen LogP contribution in [0.4, 0.5) is 0 Å². The summed E-state index contributed by atoms with van der Waals surface area (Å²) in [6.07, 6.45) is 5.46. The van der Waals surface area contributed by atoms with Crippen LogP contribution in [-0.2, 0) is 6.42 Å². The number of benzene rings is 1. The first-order chi connectivity index (χ1) is 10.7. The summed E-state index contributed by atoms with van der Waals surface area (Å²) in [7, 11) is 3.22. The lowest BCUT2D eigenvalue weighted by Gasteiger charge is -2.06. The molecule has 0 aliphatic heterocycles. The highest BCUT2D eigenvalue weighted by Gasteiger charge is 2.07. The van der Waals surface area contributed by atoms with E-state index in [4.69, 9.17) is 9.47 Å². The SMILES string of the molecule is CCCc1ccc(C(=O)/C=C/c2cc(OC)ccc2OC)s1. The smallest absolute Gasteiger partial charge is 0.195 e. The Morgan fingerprint density at radius 3 is 2.68 bits per heavy atom. The molecule has 0 aliphatic rings. The van der Waals surface area contributed by atoms with Crippen molar-refractivity contribution in [3.63, 3.8) is 0 Å². The Morgan fingerprint density at radius 1 is 1.18 bits per heavy atom. The van der Waals surface area contributed by atoms with Gasteiger partial charge in [0.15, 0.2) is 5.78 Å². The van der Waals surface area contributed by atoms with Crippen LogP contribution < -0.4 is 9.47 Å². The maximum Gasteiger partial charge on any atom is 0.195 e. The van der Waals surface area contributed by atoms with Gasteiger partial charge in [0.2, 0.25) is 0 Å². The van der Waals surface area contributed by atoms with Gasteiger partial charge in [0, 0.05) is 10.4 Å². The molecule has 0 bridgehead atoms. The number of ketones is 1. The first-order valence-electron chi connectivity index (χ1n) is 7.21. The minimum Gasteiger partial charge on any atom is -0.497 e. The minimum absolute atomic E-state index is 0.0113. The summed E-state index contributed by atoms with van der Waals surface area (Å²) in [5.41, 5.74) is 0.820. The molecule has 0 unspecified atom stereocenters. The second-order valence-electron chi connectivity index (χ2n) is 4.82. The lowest BCUT2D eigenvalue weighted by molar-refractivity contribution is 0.105. The number of carbonyl (C=O) groups excluding carboxylic acids is 1. The molecule has 0 spiro atoms. The first-order valence-corrected chi connectivity index (χ1v) is 8.02. The van der Waals surface area contributed by atoms with Gasteiger partial charge in [0.05, 0.1) is 19.1 Å². The lowest BCUT2D eigenvalue weighted by atomic mass is 10.1. The third-order valence-electron chi connectivity index (χ3n) is 3.25. The van der Waals surface area contributed by atoms with Gasteiger partial charge in [-0.3, -0.25) is 4.79 Å². The van der Waals surface area contributed by atoms with Crippen molar-refractivity contribution in [1.82, 2.24) is 0 Å². The van der Waals surface area contributed by atoms with Crippen molar-refractivity contribution in [2.75, 3.05) is 14.2 Å². The average Bonchev–Trinajstić information content (AvgIpc) is 3.01. The molecular formula is C18H20O3S. The normalized spacial score (nSPS) is 10.9. The van der Waals surface area contributed by atoms with E-state index >= 15 is 0 Å². The molecule has 4 heteroatoms. The molecule has 0 N–H and O–H groups in total. The molecule has 116 valence electrons. The van der Waals surface area contributed by atoms with E-state index in [0.717, 1.165) is 29.0 Å². The molecule has 2 aromatic rings. The van der Waals surface area contributed by atoms with Gasteiger partial charge >= 0.3 is 0 Å². The predicted molar refractivity (Wildman–Crippen MR) is 91.2 cm³/mol. The van der Waals surface area contributed by atoms with Crippen LogP contribution in [-0.4, -0.2) is 20.0 Å². The summed E-state index contributed by atoms with van der Waals surface area (Å²) in [5.74, 6) is 1.45. The number of aryl methyl sites for hydroxylation is 1. The van der Waals surface area contributed by atoms with Crippen molar-refractivity contribution in [3.05, 3.63) is 51.7 Å². The predicted octanol–water partition coefficient (Wildman–Crippen LogP) is 4.61. The van der Waals surface area contributed by atoms with Crippen LogP contribution in [0.25, 0.3) is 6.08 Å². The molecule has 0 fully saturated rings. The fourth-order valence-electron chi connectivity index (χ4n) is 2.11. The molecule has 0 saturated heterocycles. The van der Waals surface area contributed by atoms with Gasteiger partial charge in [0.25, 0.3) is 0 Å². The number of methoxy groups -OCH3 is 2. The van der Waals surface area contributed by atoms with Gasteiger partial charge in [-0.1, -0.05) is 13.3 Å². The summed E-state index contributed by atoms with van der Waals surface area (Å²) >= 11 is 1.56. The van der Waals surface area contributed by atoms with E-state index in [-0.39, 0.29) is 5.78 Å². The number of hydrogen-bond donors (Lipinski definition) is 0. The van der Waals surface area contributed by atoms with Gasteiger partial charge in [-0.05, 0) is 48.9 Å². The molecule has 0 radical (unpaired) electrons. The van der Waals surface area contributed by atoms with E-state index in [0.29, 0.717) is 5.75 Å². The Hall–Kier alpha value is -2.07. The molecule has 1 aromatic heterocycles. The third-order valence-corrected chi connectivity index (χ3v) is 4.41. The summed E-state index contributed by atoms with van der Waals surface area (Å²) < 4.78 is 10.5. The summed E-state index contributed by atoms with van der Waals surface area (Å²) in [4.78, 5) is 14.3. The maximum absolute atomic E-state index is 12.2. The Kier molecular flexibility index (Phi) is 5.78. The molecule has 22 heavy (non-hydrogen) atoms. The van der Waals surface area contributed by atoms with Gasteiger partial charge in [-0.25, -0.2) is 0 Å². The highest BCUT2D eigenvalue weighted by molar-refractivity contribution is 7.14. The lowest BCUT2D eigenvalue weighted by Crippen LogP contribution is -1.92. The number of allylic oxidation sites excluding steroid dienone is 1. The standard InChI is InChI=1S/C18H20O3S/c1-4-5-15-8-11-18(22-15)16(19)9-6-13-12-14(20-2)7-10-17(13)21-3/h6-12H,4-5H2,1-3H3/b9-6+. The van der Waals surface area contributed by atoms with Gasteiger partial charge in [-0.2, -0.15) is 0 Å². The Bertz CT molecular complexity index is 671. The number of ether oxygens (including phenoxy) is 2. The van der Waals surface area contributed by atoms with E-state index in [2.05, 4.69) is 6.92 Å². The molecule has 2 rings (SSSR count). The fraction of sp³-hybridized carbons (Fsp3) is 0.278. The maximum atomic E-state index is 12.2. The monoisotopic (exact) mass is 316 g/mol. The van der Waals surface area contributed by atoms with E-state index in [9.17, 15) is 4.79 Å². The van der Waals surface area contributed by atoms with Crippen LogP contribution in [0, 0.1) is 0 Å². The van der Waals surface area contributed by atoms with Crippen molar-refractivity contribution in [1.29, 1.82) is 0 Å². The van der Waals surface area contributed by atoms with Crippen LogP contribution >= 0.6 is 11.3 Å². The molecule has 3 nitrogen and oxygen atoms in total. The zero-order valence-corrected chi connectivity index (χ0v) is 13.9. The summed E-state index contributed by atoms with van der Waals surface area (Å²) in [6, 6.07) is 9.42. The zero-order chi connectivity index (χ0) is 15.9. The fourth-order valence-corrected chi connectivity index (χ4v) is 3.14. The molecule has 0 saturated carbocycles. The van der Waals surface area contributed by atoms with E-state index in [1.807, 2.05) is 30.3 Å². The molecule has 0 aliphatic carbocycles. The first kappa shape index (κ1) is 16.3. The van der Waals surface area contributed by atoms with Crippen molar-refractivity contribution in [3.8, 4) is 11.5 Å². The quantitative estimate of drug-likeness (QED) is 0.552. The van der Waals surface area contributed by atoms with Crippen LogP contribution in [0.15, 0.2) is 36.4 Å². The largest absolute Gasteiger partial charge is 0.497 e. The van der Waals surface area contributed by atoms with Gasteiger partial charge < -0.3 is 9.47 Å². The van der Waals surface area contributed by atoms with E-state index < -0.39 is 0 Å². The topological polar surface area (TPSA) is 35.5 Å². The van der Waals surface area contributed by atoms with Crippen molar-refractivity contribution in [2.24, 2.45) is 0 Å². The molecule has 0 amide bonds. The zero-order valence-electron chi connectivity index (χ0n) is 13.1. The second kappa shape index (κ2) is 7.80. The molecule has 1 heterocycles. The Morgan fingerprint density at radius 2 is 2.00 bits per heavy atom. The van der Waals surface area contributed by atoms with Gasteiger partial charge in [0.1, 0.15) is 11.5 Å². The van der Waals surface area contributed by atoms with E-state index in [1.54, 1.807) is 37.7 Å². The molecule has 1 aromatic carbocycles. The van der Waals surface area contributed by atoms with Gasteiger partial charge in [-0.15, -0.1) is 11.3 Å². The van der Waals surface area contributed by atoms with Crippen LogP contribution in [0.5, 0.6) is 11.5 Å². The van der Waals surface area contributed by atoms with Crippen LogP contribution in [0.1, 0.15) is 33.5 Å². The highest BCUT2D eigenvalue weighted by Crippen LogP contribution is 2.26. The Labute approximate surface area is 135 Å². The summed E-state index contributed by atoms with van der Waals surface area (Å²) in [5, 5.41) is 0. The van der Waals surface area contributed by atoms with E-state index in [1.165, 1.54) is 4.88 Å². The Balaban J connectivity index is 2.17. The number of rotatable bonds is 7. The number of hydrogen-bond acceptors (Lipinski definition) is 4. The number of thiophene rings is 1. The minimum atomic E-state index is 0.0113. The third kappa shape index (κ3) is 3.98. The molecular weight excluding hydrogens is 296 g/mol.